The molecule has 1 aliphatic carbocycles. The van der Waals surface area contributed by atoms with E-state index in [4.69, 9.17) is 0 Å². The molecule has 1 atom stereocenters. The molecule has 1 aromatic rings. The van der Waals surface area contributed by atoms with E-state index in [9.17, 15) is 4.79 Å². The summed E-state index contributed by atoms with van der Waals surface area (Å²) in [6.07, 6.45) is 10.6. The van der Waals surface area contributed by atoms with Crippen molar-refractivity contribution in [1.82, 2.24) is 10.2 Å². The molecule has 3 heteroatoms. The molecule has 0 aromatic heterocycles. The van der Waals surface area contributed by atoms with Crippen molar-refractivity contribution in [3.63, 3.8) is 0 Å². The van der Waals surface area contributed by atoms with Crippen LogP contribution >= 0.6 is 0 Å². The monoisotopic (exact) mass is 296 g/mol. The van der Waals surface area contributed by atoms with E-state index in [0.717, 1.165) is 38.9 Å². The van der Waals surface area contributed by atoms with Gasteiger partial charge in [-0.15, -0.1) is 0 Å². The smallest absolute Gasteiger partial charge is 0.220 e. The Morgan fingerprint density at radius 3 is 2.68 bits per heavy atom. The summed E-state index contributed by atoms with van der Waals surface area (Å²) in [5.41, 5.74) is 2.83. The maximum Gasteiger partial charge on any atom is 0.220 e. The Labute approximate surface area is 132 Å². The first kappa shape index (κ1) is 15.0. The summed E-state index contributed by atoms with van der Waals surface area (Å²) in [5, 5.41) is 3.02. The van der Waals surface area contributed by atoms with Crippen molar-refractivity contribution in [2.45, 2.75) is 38.3 Å². The molecule has 1 N–H and O–H groups in total. The maximum absolute atomic E-state index is 11.4. The summed E-state index contributed by atoms with van der Waals surface area (Å²) >= 11 is 0. The van der Waals surface area contributed by atoms with Gasteiger partial charge in [0, 0.05) is 32.1 Å². The number of hydrogen-bond donors (Lipinski definition) is 1. The topological polar surface area (TPSA) is 32.3 Å². The second-order valence-corrected chi connectivity index (χ2v) is 6.18. The van der Waals surface area contributed by atoms with Crippen LogP contribution in [0.1, 0.15) is 31.2 Å². The van der Waals surface area contributed by atoms with Crippen LogP contribution in [-0.2, 0) is 11.3 Å². The minimum Gasteiger partial charge on any atom is -0.355 e. The molecule has 0 unspecified atom stereocenters. The number of hydrogen-bond acceptors (Lipinski definition) is 2. The van der Waals surface area contributed by atoms with Gasteiger partial charge in [-0.05, 0) is 24.8 Å². The van der Waals surface area contributed by atoms with E-state index in [2.05, 4.69) is 58.8 Å². The first-order valence-corrected chi connectivity index (χ1v) is 8.20. The van der Waals surface area contributed by atoms with Gasteiger partial charge in [0.2, 0.25) is 5.91 Å². The van der Waals surface area contributed by atoms with Crippen LogP contribution in [0, 0.1) is 0 Å². The Hall–Kier alpha value is -1.87. The summed E-state index contributed by atoms with van der Waals surface area (Å²) in [6, 6.07) is 11.1. The van der Waals surface area contributed by atoms with E-state index in [1.165, 1.54) is 11.1 Å². The van der Waals surface area contributed by atoms with Gasteiger partial charge in [0.25, 0.3) is 0 Å². The molecular formula is C19H24N2O. The number of amides is 1. The molecule has 3 nitrogen and oxygen atoms in total. The van der Waals surface area contributed by atoms with Gasteiger partial charge in [-0.25, -0.2) is 0 Å². The number of piperidine rings is 1. The van der Waals surface area contributed by atoms with Crippen LogP contribution < -0.4 is 5.32 Å². The third-order valence-electron chi connectivity index (χ3n) is 4.49. The molecule has 1 aliphatic heterocycles. The fourth-order valence-corrected chi connectivity index (χ4v) is 3.21. The van der Waals surface area contributed by atoms with Gasteiger partial charge in [-0.3, -0.25) is 9.69 Å². The number of carbonyl (C=O) groups is 1. The van der Waals surface area contributed by atoms with Crippen molar-refractivity contribution in [3.8, 4) is 0 Å². The van der Waals surface area contributed by atoms with Crippen LogP contribution in [0.5, 0.6) is 0 Å². The van der Waals surface area contributed by atoms with Crippen molar-refractivity contribution >= 4 is 5.91 Å². The van der Waals surface area contributed by atoms with Crippen LogP contribution in [0.4, 0.5) is 0 Å². The lowest BCUT2D eigenvalue weighted by Crippen LogP contribution is -2.48. The van der Waals surface area contributed by atoms with E-state index in [1.807, 2.05) is 0 Å². The Morgan fingerprint density at radius 2 is 2.00 bits per heavy atom. The van der Waals surface area contributed by atoms with Gasteiger partial charge < -0.3 is 5.32 Å². The molecule has 22 heavy (non-hydrogen) atoms. The minimum atomic E-state index is 0.190. The predicted molar refractivity (Wildman–Crippen MR) is 89.3 cm³/mol. The van der Waals surface area contributed by atoms with Crippen molar-refractivity contribution in [3.05, 3.63) is 59.7 Å². The first-order chi connectivity index (χ1) is 10.8. The summed E-state index contributed by atoms with van der Waals surface area (Å²) in [6.45, 7) is 2.72. The second-order valence-electron chi connectivity index (χ2n) is 6.18. The van der Waals surface area contributed by atoms with Crippen LogP contribution in [0.3, 0.4) is 0 Å². The molecule has 0 saturated carbocycles. The fourth-order valence-electron chi connectivity index (χ4n) is 3.21. The van der Waals surface area contributed by atoms with Crippen LogP contribution in [0.2, 0.25) is 0 Å². The summed E-state index contributed by atoms with van der Waals surface area (Å²) < 4.78 is 0. The van der Waals surface area contributed by atoms with E-state index < -0.39 is 0 Å². The van der Waals surface area contributed by atoms with Crippen LogP contribution in [-0.4, -0.2) is 29.9 Å². The molecule has 2 aliphatic rings. The maximum atomic E-state index is 11.4. The number of rotatable bonds is 5. The molecule has 1 fully saturated rings. The zero-order valence-corrected chi connectivity index (χ0v) is 13.0. The van der Waals surface area contributed by atoms with Gasteiger partial charge >= 0.3 is 0 Å². The van der Waals surface area contributed by atoms with Gasteiger partial charge in [0.15, 0.2) is 0 Å². The molecule has 0 bridgehead atoms. The summed E-state index contributed by atoms with van der Waals surface area (Å²) in [5.74, 6) is 0.190. The molecule has 3 rings (SSSR count). The van der Waals surface area contributed by atoms with Crippen LogP contribution in [0.15, 0.2) is 54.1 Å². The summed E-state index contributed by atoms with van der Waals surface area (Å²) in [4.78, 5) is 14.0. The fraction of sp³-hybridized carbons (Fsp3) is 0.421. The van der Waals surface area contributed by atoms with Gasteiger partial charge in [0.05, 0.1) is 0 Å². The predicted octanol–water partition coefficient (Wildman–Crippen LogP) is 3.04. The third kappa shape index (κ3) is 4.08. The Morgan fingerprint density at radius 1 is 1.14 bits per heavy atom. The molecule has 116 valence electrons. The van der Waals surface area contributed by atoms with Crippen molar-refractivity contribution in [2.24, 2.45) is 0 Å². The van der Waals surface area contributed by atoms with Crippen molar-refractivity contribution in [2.75, 3.05) is 13.1 Å². The van der Waals surface area contributed by atoms with Crippen LogP contribution in [0.25, 0.3) is 0 Å². The molecule has 1 saturated heterocycles. The highest BCUT2D eigenvalue weighted by molar-refractivity contribution is 5.76. The quantitative estimate of drug-likeness (QED) is 0.906. The normalized spacial score (nSPS) is 21.6. The zero-order valence-electron chi connectivity index (χ0n) is 13.0. The standard InChI is InChI=1S/C19H24N2O/c22-19-12-11-18(13-20-19)21(14-16-7-3-1-4-8-16)15-17-9-5-2-6-10-17/h1-5,7-9,18H,6,10-15H2,(H,20,22)/t18-/m0/s1. The lowest BCUT2D eigenvalue weighted by molar-refractivity contribution is -0.123. The highest BCUT2D eigenvalue weighted by Gasteiger charge is 2.24. The van der Waals surface area contributed by atoms with E-state index in [-0.39, 0.29) is 5.91 Å². The minimum absolute atomic E-state index is 0.190. The highest BCUT2D eigenvalue weighted by Crippen LogP contribution is 2.20. The van der Waals surface area contributed by atoms with Crippen molar-refractivity contribution < 1.29 is 4.79 Å². The van der Waals surface area contributed by atoms with E-state index >= 15 is 0 Å². The van der Waals surface area contributed by atoms with Gasteiger partial charge in [-0.2, -0.15) is 0 Å². The SMILES string of the molecule is O=C1CC[C@H](N(CC2=CC=CCC2)Cc2ccccc2)CN1. The lowest BCUT2D eigenvalue weighted by Gasteiger charge is -2.35. The van der Waals surface area contributed by atoms with Gasteiger partial charge in [0.1, 0.15) is 0 Å². The molecule has 0 radical (unpaired) electrons. The number of benzene rings is 1. The first-order valence-electron chi connectivity index (χ1n) is 8.20. The highest BCUT2D eigenvalue weighted by atomic mass is 16.1. The van der Waals surface area contributed by atoms with Gasteiger partial charge in [-0.1, -0.05) is 54.1 Å². The molecule has 1 amide bonds. The molecule has 0 spiro atoms. The average Bonchev–Trinajstić information content (AvgIpc) is 2.57. The number of nitrogens with one attached hydrogen (secondary N) is 1. The molecular weight excluding hydrogens is 272 g/mol. The summed E-state index contributed by atoms with van der Waals surface area (Å²) in [7, 11) is 0. The van der Waals surface area contributed by atoms with E-state index in [0.29, 0.717) is 12.5 Å². The van der Waals surface area contributed by atoms with E-state index in [1.54, 1.807) is 0 Å². The Bertz CT molecular complexity index is 552. The Balaban J connectivity index is 1.71. The second kappa shape index (κ2) is 7.41. The zero-order chi connectivity index (χ0) is 15.2. The lowest BCUT2D eigenvalue weighted by atomic mass is 10.00. The number of carbonyl (C=O) groups excluding carboxylic acids is 1. The largest absolute Gasteiger partial charge is 0.355 e. The third-order valence-corrected chi connectivity index (χ3v) is 4.49. The number of nitrogens with zero attached hydrogens (tertiary/aromatic N) is 1. The van der Waals surface area contributed by atoms with Crippen molar-refractivity contribution in [1.29, 1.82) is 0 Å². The Kier molecular flexibility index (Phi) is 5.07. The average molecular weight is 296 g/mol. The molecule has 1 aromatic carbocycles. The molecule has 1 heterocycles. The number of allylic oxidation sites excluding steroid dienone is 3.